The summed E-state index contributed by atoms with van der Waals surface area (Å²) in [6, 6.07) is 8.07. The van der Waals surface area contributed by atoms with Crippen molar-refractivity contribution in [3.63, 3.8) is 0 Å². The van der Waals surface area contributed by atoms with Crippen LogP contribution >= 0.6 is 0 Å². The van der Waals surface area contributed by atoms with Gasteiger partial charge in [-0.2, -0.15) is 5.26 Å². The minimum Gasteiger partial charge on any atom is -0.497 e. The molecule has 0 aliphatic heterocycles. The Bertz CT molecular complexity index is 427. The van der Waals surface area contributed by atoms with Crippen molar-refractivity contribution in [2.24, 2.45) is 5.92 Å². The zero-order valence-corrected chi connectivity index (χ0v) is 11.9. The number of hydrogen-bond acceptors (Lipinski definition) is 4. The predicted octanol–water partition coefficient (Wildman–Crippen LogP) is 2.39. The van der Waals surface area contributed by atoms with Crippen LogP contribution in [-0.4, -0.2) is 27.3 Å². The number of nitrogens with one attached hydrogen (secondary N) is 1. The van der Waals surface area contributed by atoms with E-state index in [9.17, 15) is 0 Å². The lowest BCUT2D eigenvalue weighted by Crippen LogP contribution is -2.24. The summed E-state index contributed by atoms with van der Waals surface area (Å²) in [6.07, 6.45) is 1.73. The van der Waals surface area contributed by atoms with Gasteiger partial charge in [0, 0.05) is 6.54 Å². The van der Waals surface area contributed by atoms with Gasteiger partial charge in [0.15, 0.2) is 0 Å². The van der Waals surface area contributed by atoms with E-state index in [-0.39, 0.29) is 5.92 Å². The summed E-state index contributed by atoms with van der Waals surface area (Å²) in [4.78, 5) is 0. The third-order valence-electron chi connectivity index (χ3n) is 3.12. The highest BCUT2D eigenvalue weighted by atomic mass is 16.5. The largest absolute Gasteiger partial charge is 0.497 e. The fourth-order valence-corrected chi connectivity index (χ4v) is 1.86. The maximum atomic E-state index is 8.87. The summed E-state index contributed by atoms with van der Waals surface area (Å²) in [5.41, 5.74) is 1.11. The zero-order chi connectivity index (χ0) is 14.1. The van der Waals surface area contributed by atoms with E-state index in [4.69, 9.17) is 14.7 Å². The summed E-state index contributed by atoms with van der Waals surface area (Å²) in [5, 5.41) is 12.2. The van der Waals surface area contributed by atoms with E-state index in [0.717, 1.165) is 43.0 Å². The summed E-state index contributed by atoms with van der Waals surface area (Å²) in [6.45, 7) is 3.58. The van der Waals surface area contributed by atoms with Gasteiger partial charge in [-0.1, -0.05) is 6.92 Å². The number of rotatable bonds is 8. The van der Waals surface area contributed by atoms with E-state index in [1.54, 1.807) is 14.2 Å². The Hall–Kier alpha value is -1.73. The fraction of sp³-hybridized carbons (Fsp3) is 0.533. The molecule has 0 radical (unpaired) electrons. The number of benzene rings is 1. The topological polar surface area (TPSA) is 54.3 Å². The van der Waals surface area contributed by atoms with Crippen molar-refractivity contribution in [2.45, 2.75) is 19.8 Å². The first-order valence-electron chi connectivity index (χ1n) is 6.56. The molecular formula is C15H22N2O2. The predicted molar refractivity (Wildman–Crippen MR) is 75.5 cm³/mol. The van der Waals surface area contributed by atoms with Gasteiger partial charge in [-0.3, -0.25) is 0 Å². The van der Waals surface area contributed by atoms with Crippen LogP contribution in [-0.2, 0) is 6.42 Å². The van der Waals surface area contributed by atoms with Crippen molar-refractivity contribution in [1.82, 2.24) is 5.32 Å². The lowest BCUT2D eigenvalue weighted by molar-refractivity contribution is 0.398. The minimum atomic E-state index is 0.0900. The number of hydrogen-bond donors (Lipinski definition) is 1. The average Bonchev–Trinajstić information content (AvgIpc) is 2.47. The van der Waals surface area contributed by atoms with Gasteiger partial charge >= 0.3 is 0 Å². The van der Waals surface area contributed by atoms with Gasteiger partial charge in [-0.15, -0.1) is 0 Å². The Labute approximate surface area is 115 Å². The van der Waals surface area contributed by atoms with Crippen molar-refractivity contribution in [3.8, 4) is 17.6 Å². The van der Waals surface area contributed by atoms with E-state index in [2.05, 4.69) is 11.4 Å². The van der Waals surface area contributed by atoms with Gasteiger partial charge in [0.1, 0.15) is 11.5 Å². The number of methoxy groups -OCH3 is 2. The fourth-order valence-electron chi connectivity index (χ4n) is 1.86. The molecule has 1 atom stereocenters. The molecule has 4 heteroatoms. The first-order valence-corrected chi connectivity index (χ1v) is 6.56. The van der Waals surface area contributed by atoms with Gasteiger partial charge in [0.25, 0.3) is 0 Å². The van der Waals surface area contributed by atoms with E-state index < -0.39 is 0 Å². The van der Waals surface area contributed by atoms with Crippen molar-refractivity contribution < 1.29 is 9.47 Å². The molecule has 1 unspecified atom stereocenters. The molecular weight excluding hydrogens is 240 g/mol. The van der Waals surface area contributed by atoms with Crippen LogP contribution < -0.4 is 14.8 Å². The second-order valence-electron chi connectivity index (χ2n) is 4.37. The standard InChI is InChI=1S/C15H22N2O2/c1-4-12(10-16)11-17-8-7-13-9-14(18-2)5-6-15(13)19-3/h5-6,9,12,17H,4,7-8,11H2,1-3H3. The molecule has 19 heavy (non-hydrogen) atoms. The average molecular weight is 262 g/mol. The minimum absolute atomic E-state index is 0.0900. The van der Waals surface area contributed by atoms with Crippen LogP contribution in [0.4, 0.5) is 0 Å². The van der Waals surface area contributed by atoms with Gasteiger partial charge in [-0.25, -0.2) is 0 Å². The number of nitrogens with zero attached hydrogens (tertiary/aromatic N) is 1. The molecule has 1 N–H and O–H groups in total. The third-order valence-corrected chi connectivity index (χ3v) is 3.12. The molecule has 0 saturated heterocycles. The SMILES string of the molecule is CCC(C#N)CNCCc1cc(OC)ccc1OC. The first kappa shape index (κ1) is 15.3. The molecule has 4 nitrogen and oxygen atoms in total. The van der Waals surface area contributed by atoms with Crippen LogP contribution in [0.5, 0.6) is 11.5 Å². The van der Waals surface area contributed by atoms with Gasteiger partial charge in [0.05, 0.1) is 26.2 Å². The third kappa shape index (κ3) is 4.80. The highest BCUT2D eigenvalue weighted by Crippen LogP contribution is 2.24. The number of ether oxygens (including phenoxy) is 2. The molecule has 0 aliphatic carbocycles. The van der Waals surface area contributed by atoms with Crippen LogP contribution in [0.3, 0.4) is 0 Å². The molecule has 1 rings (SSSR count). The monoisotopic (exact) mass is 262 g/mol. The second-order valence-corrected chi connectivity index (χ2v) is 4.37. The lowest BCUT2D eigenvalue weighted by Gasteiger charge is -2.12. The molecule has 104 valence electrons. The van der Waals surface area contributed by atoms with Gasteiger partial charge < -0.3 is 14.8 Å². The summed E-state index contributed by atoms with van der Waals surface area (Å²) >= 11 is 0. The van der Waals surface area contributed by atoms with Crippen LogP contribution in [0.2, 0.25) is 0 Å². The first-order chi connectivity index (χ1) is 9.24. The lowest BCUT2D eigenvalue weighted by atomic mass is 10.1. The van der Waals surface area contributed by atoms with Crippen LogP contribution in [0, 0.1) is 17.2 Å². The summed E-state index contributed by atoms with van der Waals surface area (Å²) in [7, 11) is 3.32. The van der Waals surface area contributed by atoms with E-state index >= 15 is 0 Å². The van der Waals surface area contributed by atoms with E-state index in [0.29, 0.717) is 0 Å². The van der Waals surface area contributed by atoms with E-state index in [1.807, 2.05) is 25.1 Å². The van der Waals surface area contributed by atoms with E-state index in [1.165, 1.54) is 0 Å². The van der Waals surface area contributed by atoms with Crippen molar-refractivity contribution in [1.29, 1.82) is 5.26 Å². The maximum Gasteiger partial charge on any atom is 0.122 e. The molecule has 0 fully saturated rings. The van der Waals surface area contributed by atoms with Gasteiger partial charge in [-0.05, 0) is 43.1 Å². The smallest absolute Gasteiger partial charge is 0.122 e. The Morgan fingerprint density at radius 2 is 2.11 bits per heavy atom. The zero-order valence-electron chi connectivity index (χ0n) is 11.9. The van der Waals surface area contributed by atoms with Crippen LogP contribution in [0.1, 0.15) is 18.9 Å². The Kier molecular flexibility index (Phi) is 6.76. The van der Waals surface area contributed by atoms with Gasteiger partial charge in [0.2, 0.25) is 0 Å². The molecule has 0 saturated carbocycles. The Morgan fingerprint density at radius 1 is 1.32 bits per heavy atom. The molecule has 0 bridgehead atoms. The Morgan fingerprint density at radius 3 is 2.68 bits per heavy atom. The van der Waals surface area contributed by atoms with Crippen molar-refractivity contribution in [2.75, 3.05) is 27.3 Å². The molecule has 0 aliphatic rings. The molecule has 1 aromatic carbocycles. The molecule has 0 aromatic heterocycles. The summed E-state index contributed by atoms with van der Waals surface area (Å²) < 4.78 is 10.5. The maximum absolute atomic E-state index is 8.87. The molecule has 0 spiro atoms. The van der Waals surface area contributed by atoms with Crippen molar-refractivity contribution in [3.05, 3.63) is 23.8 Å². The Balaban J connectivity index is 2.50. The highest BCUT2D eigenvalue weighted by Gasteiger charge is 2.06. The quantitative estimate of drug-likeness (QED) is 0.731. The van der Waals surface area contributed by atoms with Crippen molar-refractivity contribution >= 4 is 0 Å². The molecule has 1 aromatic rings. The normalized spacial score (nSPS) is 11.7. The molecule has 0 heterocycles. The second kappa shape index (κ2) is 8.39. The summed E-state index contributed by atoms with van der Waals surface area (Å²) in [5.74, 6) is 1.79. The van der Waals surface area contributed by atoms with Crippen LogP contribution in [0.15, 0.2) is 18.2 Å². The van der Waals surface area contributed by atoms with Crippen LogP contribution in [0.25, 0.3) is 0 Å². The molecule has 0 amide bonds. The number of nitriles is 1. The highest BCUT2D eigenvalue weighted by molar-refractivity contribution is 5.40.